The molecule has 4 nitrogen and oxygen atoms in total. The molecule has 0 fully saturated rings. The van der Waals surface area contributed by atoms with Gasteiger partial charge in [0.2, 0.25) is 0 Å². The Hall–Kier alpha value is -1.78. The van der Waals surface area contributed by atoms with E-state index in [0.717, 1.165) is 0 Å². The van der Waals surface area contributed by atoms with Crippen molar-refractivity contribution in [1.82, 2.24) is 0 Å². The first-order valence-corrected chi connectivity index (χ1v) is 5.70. The van der Waals surface area contributed by atoms with Crippen molar-refractivity contribution in [1.29, 1.82) is 0 Å². The zero-order chi connectivity index (χ0) is 13.1. The molecule has 0 saturated carbocycles. The van der Waals surface area contributed by atoms with Crippen molar-refractivity contribution in [3.05, 3.63) is 46.4 Å². The number of aromatic hydroxyl groups is 2. The van der Waals surface area contributed by atoms with Crippen LogP contribution in [-0.4, -0.2) is 10.2 Å². The Morgan fingerprint density at radius 3 is 1.50 bits per heavy atom. The number of hydrogen-bond acceptors (Lipinski definition) is 4. The summed E-state index contributed by atoms with van der Waals surface area (Å²) in [4.78, 5) is 0. The van der Waals surface area contributed by atoms with E-state index in [0.29, 0.717) is 10.0 Å². The van der Waals surface area contributed by atoms with E-state index in [1.807, 2.05) is 0 Å². The van der Waals surface area contributed by atoms with E-state index in [2.05, 4.69) is 10.2 Å². The lowest BCUT2D eigenvalue weighted by atomic mass is 10.3. The molecule has 2 aromatic carbocycles. The highest BCUT2D eigenvalue weighted by atomic mass is 35.5. The maximum absolute atomic E-state index is 9.54. The molecule has 0 aromatic heterocycles. The highest BCUT2D eigenvalue weighted by Gasteiger charge is 2.03. The molecule has 18 heavy (non-hydrogen) atoms. The van der Waals surface area contributed by atoms with E-state index in [1.54, 1.807) is 0 Å². The SMILES string of the molecule is Oc1ccc(Cl)cc1N=Nc1cc(Cl)ccc1O. The first-order chi connectivity index (χ1) is 8.56. The Balaban J connectivity index is 2.35. The summed E-state index contributed by atoms with van der Waals surface area (Å²) in [6.45, 7) is 0. The minimum atomic E-state index is -0.0512. The van der Waals surface area contributed by atoms with Crippen LogP contribution in [0, 0.1) is 0 Å². The van der Waals surface area contributed by atoms with Gasteiger partial charge in [0.15, 0.2) is 0 Å². The minimum absolute atomic E-state index is 0.0512. The predicted octanol–water partition coefficient (Wildman–Crippen LogP) is 4.82. The second-order valence-corrected chi connectivity index (χ2v) is 4.34. The fraction of sp³-hybridized carbons (Fsp3) is 0. The summed E-state index contributed by atoms with van der Waals surface area (Å²) in [5, 5.41) is 27.5. The molecular formula is C12H8Cl2N2O2. The fourth-order valence-corrected chi connectivity index (χ4v) is 1.59. The van der Waals surface area contributed by atoms with Crippen molar-refractivity contribution < 1.29 is 10.2 Å². The third kappa shape index (κ3) is 2.91. The van der Waals surface area contributed by atoms with Gasteiger partial charge in [-0.1, -0.05) is 23.2 Å². The molecule has 0 heterocycles. The largest absolute Gasteiger partial charge is 0.506 e. The van der Waals surface area contributed by atoms with Crippen LogP contribution < -0.4 is 0 Å². The van der Waals surface area contributed by atoms with Crippen molar-refractivity contribution in [2.75, 3.05) is 0 Å². The van der Waals surface area contributed by atoms with Gasteiger partial charge in [0.1, 0.15) is 22.9 Å². The highest BCUT2D eigenvalue weighted by molar-refractivity contribution is 6.31. The van der Waals surface area contributed by atoms with E-state index in [1.165, 1.54) is 36.4 Å². The van der Waals surface area contributed by atoms with Gasteiger partial charge in [-0.05, 0) is 36.4 Å². The van der Waals surface area contributed by atoms with Crippen LogP contribution in [0.2, 0.25) is 10.0 Å². The number of phenolic OH excluding ortho intramolecular Hbond substituents is 2. The second kappa shape index (κ2) is 5.25. The van der Waals surface area contributed by atoms with Crippen molar-refractivity contribution in [2.24, 2.45) is 10.2 Å². The molecule has 0 bridgehead atoms. The number of benzene rings is 2. The summed E-state index contributed by atoms with van der Waals surface area (Å²) in [5.74, 6) is -0.102. The van der Waals surface area contributed by atoms with Crippen LogP contribution >= 0.6 is 23.2 Å². The third-order valence-corrected chi connectivity index (χ3v) is 2.61. The van der Waals surface area contributed by atoms with Crippen LogP contribution in [0.5, 0.6) is 11.5 Å². The van der Waals surface area contributed by atoms with Gasteiger partial charge in [0.25, 0.3) is 0 Å². The first kappa shape index (κ1) is 12.7. The molecule has 0 atom stereocenters. The Labute approximate surface area is 113 Å². The normalized spacial score (nSPS) is 11.0. The van der Waals surface area contributed by atoms with Crippen LogP contribution in [0.3, 0.4) is 0 Å². The van der Waals surface area contributed by atoms with Crippen LogP contribution in [0.25, 0.3) is 0 Å². The summed E-state index contributed by atoms with van der Waals surface area (Å²) >= 11 is 11.5. The summed E-state index contributed by atoms with van der Waals surface area (Å²) in [6.07, 6.45) is 0. The van der Waals surface area contributed by atoms with Crippen molar-refractivity contribution >= 4 is 34.6 Å². The van der Waals surface area contributed by atoms with Crippen LogP contribution in [0.1, 0.15) is 0 Å². The zero-order valence-corrected chi connectivity index (χ0v) is 10.5. The average molecular weight is 283 g/mol. The molecular weight excluding hydrogens is 275 g/mol. The maximum atomic E-state index is 9.54. The number of nitrogens with zero attached hydrogens (tertiary/aromatic N) is 2. The van der Waals surface area contributed by atoms with Gasteiger partial charge in [-0.25, -0.2) is 0 Å². The summed E-state index contributed by atoms with van der Waals surface area (Å²) in [6, 6.07) is 8.81. The van der Waals surface area contributed by atoms with Gasteiger partial charge in [-0.2, -0.15) is 0 Å². The highest BCUT2D eigenvalue weighted by Crippen LogP contribution is 2.34. The Bertz CT molecular complexity index is 562. The number of phenols is 2. The van der Waals surface area contributed by atoms with Crippen molar-refractivity contribution in [3.8, 4) is 11.5 Å². The van der Waals surface area contributed by atoms with Crippen molar-refractivity contribution in [2.45, 2.75) is 0 Å². The third-order valence-electron chi connectivity index (χ3n) is 2.14. The lowest BCUT2D eigenvalue weighted by Gasteiger charge is -2.00. The molecule has 0 saturated heterocycles. The summed E-state index contributed by atoms with van der Waals surface area (Å²) in [5.41, 5.74) is 0.420. The minimum Gasteiger partial charge on any atom is -0.506 e. The molecule has 2 rings (SSSR count). The smallest absolute Gasteiger partial charge is 0.143 e. The molecule has 0 amide bonds. The average Bonchev–Trinajstić information content (AvgIpc) is 2.34. The van der Waals surface area contributed by atoms with Gasteiger partial charge in [-0.3, -0.25) is 0 Å². The summed E-state index contributed by atoms with van der Waals surface area (Å²) in [7, 11) is 0. The molecule has 0 aliphatic heterocycles. The molecule has 92 valence electrons. The maximum Gasteiger partial charge on any atom is 0.143 e. The van der Waals surface area contributed by atoms with E-state index < -0.39 is 0 Å². The molecule has 0 radical (unpaired) electrons. The Morgan fingerprint density at radius 1 is 0.722 bits per heavy atom. The van der Waals surface area contributed by atoms with Gasteiger partial charge in [-0.15, -0.1) is 10.2 Å². The fourth-order valence-electron chi connectivity index (χ4n) is 1.26. The molecule has 0 unspecified atom stereocenters. The first-order valence-electron chi connectivity index (χ1n) is 4.95. The van der Waals surface area contributed by atoms with E-state index in [4.69, 9.17) is 23.2 Å². The van der Waals surface area contributed by atoms with E-state index >= 15 is 0 Å². The lowest BCUT2D eigenvalue weighted by molar-refractivity contribution is 0.474. The van der Waals surface area contributed by atoms with E-state index in [-0.39, 0.29) is 22.9 Å². The van der Waals surface area contributed by atoms with Gasteiger partial charge in [0.05, 0.1) is 0 Å². The van der Waals surface area contributed by atoms with Crippen LogP contribution in [-0.2, 0) is 0 Å². The van der Waals surface area contributed by atoms with E-state index in [9.17, 15) is 10.2 Å². The molecule has 0 spiro atoms. The lowest BCUT2D eigenvalue weighted by Crippen LogP contribution is -1.70. The second-order valence-electron chi connectivity index (χ2n) is 3.47. The van der Waals surface area contributed by atoms with Crippen LogP contribution in [0.4, 0.5) is 11.4 Å². The van der Waals surface area contributed by atoms with Gasteiger partial charge >= 0.3 is 0 Å². The number of hydrogen-bond donors (Lipinski definition) is 2. The zero-order valence-electron chi connectivity index (χ0n) is 9.01. The number of rotatable bonds is 2. The van der Waals surface area contributed by atoms with Gasteiger partial charge < -0.3 is 10.2 Å². The Kier molecular flexibility index (Phi) is 3.69. The topological polar surface area (TPSA) is 65.2 Å². The molecule has 0 aliphatic rings. The van der Waals surface area contributed by atoms with Crippen molar-refractivity contribution in [3.63, 3.8) is 0 Å². The monoisotopic (exact) mass is 282 g/mol. The predicted molar refractivity (Wildman–Crippen MR) is 70.4 cm³/mol. The standard InChI is InChI=1S/C12H8Cl2N2O2/c13-7-1-3-11(17)9(5-7)15-16-10-6-8(14)2-4-12(10)18/h1-6,17-18H. The molecule has 6 heteroatoms. The van der Waals surface area contributed by atoms with Gasteiger partial charge in [0, 0.05) is 10.0 Å². The molecule has 2 aromatic rings. The Morgan fingerprint density at radius 2 is 1.11 bits per heavy atom. The molecule has 2 N–H and O–H groups in total. The van der Waals surface area contributed by atoms with Crippen LogP contribution in [0.15, 0.2) is 46.6 Å². The summed E-state index contributed by atoms with van der Waals surface area (Å²) < 4.78 is 0. The number of halogens is 2. The quantitative estimate of drug-likeness (QED) is 0.776. The molecule has 0 aliphatic carbocycles. The number of azo groups is 1.